The molecule has 0 radical (unpaired) electrons. The number of benzene rings is 1. The number of hydrogen-bond donors (Lipinski definition) is 0. The molecule has 0 amide bonds. The molecule has 0 aliphatic heterocycles. The maximum absolute atomic E-state index is 10.1. The first-order valence-corrected chi connectivity index (χ1v) is 4.62. The van der Waals surface area contributed by atoms with Crippen LogP contribution in [-0.4, -0.2) is 6.29 Å². The molecule has 0 aromatic heterocycles. The van der Waals surface area contributed by atoms with E-state index in [0.717, 1.165) is 6.29 Å². The van der Waals surface area contributed by atoms with Crippen LogP contribution >= 0.6 is 0 Å². The Balaban J connectivity index is 2.13. The summed E-state index contributed by atoms with van der Waals surface area (Å²) in [5.74, 6) is 0. The zero-order valence-electron chi connectivity index (χ0n) is 7.49. The summed E-state index contributed by atoms with van der Waals surface area (Å²) in [5, 5.41) is 0. The van der Waals surface area contributed by atoms with Crippen LogP contribution in [0, 0.1) is 0 Å². The van der Waals surface area contributed by atoms with Crippen LogP contribution in [0.25, 0.3) is 6.08 Å². The number of carbonyl (C=O) groups is 1. The van der Waals surface area contributed by atoms with E-state index in [1.165, 1.54) is 29.5 Å². The Kier molecular flexibility index (Phi) is 2.26. The molecule has 0 saturated carbocycles. The van der Waals surface area contributed by atoms with E-state index >= 15 is 0 Å². The minimum absolute atomic E-state index is 0.511. The fourth-order valence-electron chi connectivity index (χ4n) is 1.58. The van der Waals surface area contributed by atoms with Gasteiger partial charge in [0.25, 0.3) is 0 Å². The van der Waals surface area contributed by atoms with Crippen molar-refractivity contribution in [1.29, 1.82) is 0 Å². The van der Waals surface area contributed by atoms with Crippen LogP contribution in [0.3, 0.4) is 0 Å². The lowest BCUT2D eigenvalue weighted by Gasteiger charge is -2.18. The molecule has 0 atom stereocenters. The first-order chi connectivity index (χ1) is 6.40. The molecule has 1 aromatic carbocycles. The number of rotatable bonds is 3. The lowest BCUT2D eigenvalue weighted by molar-refractivity contribution is -0.107. The Hall–Kier alpha value is -1.37. The van der Waals surface area contributed by atoms with Crippen molar-refractivity contribution in [3.8, 4) is 0 Å². The van der Waals surface area contributed by atoms with Crippen molar-refractivity contribution in [3.05, 3.63) is 41.0 Å². The Morgan fingerprint density at radius 3 is 2.69 bits per heavy atom. The van der Waals surface area contributed by atoms with E-state index < -0.39 is 0 Å². The first-order valence-electron chi connectivity index (χ1n) is 4.62. The molecule has 0 unspecified atom stereocenters. The second kappa shape index (κ2) is 3.56. The molecule has 1 aliphatic carbocycles. The van der Waals surface area contributed by atoms with Crippen LogP contribution in [0.5, 0.6) is 0 Å². The standard InChI is InChI=1S/C12H12O/c13-8-2-1-3-10-4-5-11-6-7-12(11)9-10/h1,3-5,8-9H,2,6-7H2. The van der Waals surface area contributed by atoms with Gasteiger partial charge in [-0.3, -0.25) is 0 Å². The summed E-state index contributed by atoms with van der Waals surface area (Å²) in [7, 11) is 0. The fourth-order valence-corrected chi connectivity index (χ4v) is 1.58. The Bertz CT molecular complexity index is 350. The molecular formula is C12H12O. The zero-order chi connectivity index (χ0) is 9.10. The first kappa shape index (κ1) is 8.24. The molecule has 0 spiro atoms. The molecular weight excluding hydrogens is 160 g/mol. The van der Waals surface area contributed by atoms with Gasteiger partial charge in [-0.25, -0.2) is 0 Å². The smallest absolute Gasteiger partial charge is 0.123 e. The van der Waals surface area contributed by atoms with Gasteiger partial charge in [0.1, 0.15) is 6.29 Å². The summed E-state index contributed by atoms with van der Waals surface area (Å²) in [4.78, 5) is 10.1. The molecule has 66 valence electrons. The van der Waals surface area contributed by atoms with Gasteiger partial charge in [-0.1, -0.05) is 30.4 Å². The van der Waals surface area contributed by atoms with E-state index in [4.69, 9.17) is 0 Å². The van der Waals surface area contributed by atoms with Crippen molar-refractivity contribution < 1.29 is 4.79 Å². The molecule has 0 fully saturated rings. The second-order valence-corrected chi connectivity index (χ2v) is 3.33. The third-order valence-electron chi connectivity index (χ3n) is 2.44. The topological polar surface area (TPSA) is 17.1 Å². The third kappa shape index (κ3) is 1.69. The van der Waals surface area contributed by atoms with Gasteiger partial charge >= 0.3 is 0 Å². The van der Waals surface area contributed by atoms with Gasteiger partial charge in [-0.2, -0.15) is 0 Å². The van der Waals surface area contributed by atoms with Crippen LogP contribution in [0.2, 0.25) is 0 Å². The molecule has 1 nitrogen and oxygen atoms in total. The minimum Gasteiger partial charge on any atom is -0.303 e. The van der Waals surface area contributed by atoms with Gasteiger partial charge in [-0.05, 0) is 29.5 Å². The fraction of sp³-hybridized carbons (Fsp3) is 0.250. The normalized spacial score (nSPS) is 13.8. The number of hydrogen-bond acceptors (Lipinski definition) is 1. The Morgan fingerprint density at radius 1 is 1.23 bits per heavy atom. The summed E-state index contributed by atoms with van der Waals surface area (Å²) in [6.45, 7) is 0. The Morgan fingerprint density at radius 2 is 2.08 bits per heavy atom. The average molecular weight is 172 g/mol. The van der Waals surface area contributed by atoms with Gasteiger partial charge in [0, 0.05) is 6.42 Å². The molecule has 0 N–H and O–H groups in total. The lowest BCUT2D eigenvalue weighted by atomic mass is 9.87. The maximum Gasteiger partial charge on any atom is 0.123 e. The third-order valence-corrected chi connectivity index (χ3v) is 2.44. The van der Waals surface area contributed by atoms with Crippen LogP contribution in [0.15, 0.2) is 24.3 Å². The highest BCUT2D eigenvalue weighted by Gasteiger charge is 2.11. The summed E-state index contributed by atoms with van der Waals surface area (Å²) in [6.07, 6.45) is 7.77. The van der Waals surface area contributed by atoms with E-state index in [1.54, 1.807) is 0 Å². The predicted octanol–water partition coefficient (Wildman–Crippen LogP) is 2.39. The number of carbonyl (C=O) groups excluding carboxylic acids is 1. The SMILES string of the molecule is O=CCC=Cc1ccc2c(c1)CC2. The van der Waals surface area contributed by atoms with Crippen LogP contribution in [0.1, 0.15) is 23.1 Å². The maximum atomic E-state index is 10.1. The Labute approximate surface area is 78.1 Å². The molecule has 13 heavy (non-hydrogen) atoms. The summed E-state index contributed by atoms with van der Waals surface area (Å²) >= 11 is 0. The van der Waals surface area contributed by atoms with Crippen LogP contribution in [-0.2, 0) is 17.6 Å². The molecule has 1 aromatic rings. The minimum atomic E-state index is 0.511. The molecule has 1 heteroatoms. The predicted molar refractivity (Wildman–Crippen MR) is 53.6 cm³/mol. The van der Waals surface area contributed by atoms with Crippen molar-refractivity contribution in [2.75, 3.05) is 0 Å². The second-order valence-electron chi connectivity index (χ2n) is 3.33. The van der Waals surface area contributed by atoms with Crippen molar-refractivity contribution in [3.63, 3.8) is 0 Å². The summed E-state index contributed by atoms with van der Waals surface area (Å²) in [5.41, 5.74) is 4.15. The van der Waals surface area contributed by atoms with Gasteiger partial charge in [0.15, 0.2) is 0 Å². The molecule has 2 rings (SSSR count). The van der Waals surface area contributed by atoms with E-state index in [2.05, 4.69) is 18.2 Å². The number of allylic oxidation sites excluding steroid dienone is 1. The molecule has 0 bridgehead atoms. The highest BCUT2D eigenvalue weighted by atomic mass is 16.1. The lowest BCUT2D eigenvalue weighted by Crippen LogP contribution is -2.07. The number of fused-ring (bicyclic) bond motifs is 1. The van der Waals surface area contributed by atoms with E-state index in [1.807, 2.05) is 12.2 Å². The van der Waals surface area contributed by atoms with Gasteiger partial charge in [0.2, 0.25) is 0 Å². The van der Waals surface area contributed by atoms with E-state index in [9.17, 15) is 4.79 Å². The number of aryl methyl sites for hydroxylation is 2. The van der Waals surface area contributed by atoms with Crippen molar-refractivity contribution in [2.45, 2.75) is 19.3 Å². The zero-order valence-corrected chi connectivity index (χ0v) is 7.49. The van der Waals surface area contributed by atoms with Gasteiger partial charge in [0.05, 0.1) is 0 Å². The van der Waals surface area contributed by atoms with E-state index in [0.29, 0.717) is 6.42 Å². The number of aldehydes is 1. The van der Waals surface area contributed by atoms with Gasteiger partial charge in [-0.15, -0.1) is 0 Å². The molecule has 1 aliphatic rings. The van der Waals surface area contributed by atoms with Crippen molar-refractivity contribution in [1.82, 2.24) is 0 Å². The molecule has 0 heterocycles. The van der Waals surface area contributed by atoms with Crippen molar-refractivity contribution in [2.24, 2.45) is 0 Å². The monoisotopic (exact) mass is 172 g/mol. The van der Waals surface area contributed by atoms with Gasteiger partial charge < -0.3 is 4.79 Å². The van der Waals surface area contributed by atoms with Crippen molar-refractivity contribution >= 4 is 12.4 Å². The summed E-state index contributed by atoms with van der Waals surface area (Å²) in [6, 6.07) is 6.50. The van der Waals surface area contributed by atoms with E-state index in [-0.39, 0.29) is 0 Å². The largest absolute Gasteiger partial charge is 0.303 e. The molecule has 0 saturated heterocycles. The average Bonchev–Trinajstić information content (AvgIpc) is 2.10. The van der Waals surface area contributed by atoms with Crippen LogP contribution in [0.4, 0.5) is 0 Å². The summed E-state index contributed by atoms with van der Waals surface area (Å²) < 4.78 is 0. The van der Waals surface area contributed by atoms with Crippen LogP contribution < -0.4 is 0 Å². The quantitative estimate of drug-likeness (QED) is 0.640. The highest BCUT2D eigenvalue weighted by molar-refractivity contribution is 5.59. The highest BCUT2D eigenvalue weighted by Crippen LogP contribution is 2.23.